The van der Waals surface area contributed by atoms with Crippen LogP contribution in [0.1, 0.15) is 18.7 Å². The molecule has 0 spiro atoms. The lowest BCUT2D eigenvalue weighted by Crippen LogP contribution is -2.24. The molecule has 3 rings (SSSR count). The van der Waals surface area contributed by atoms with E-state index in [1.165, 1.54) is 25.9 Å². The van der Waals surface area contributed by atoms with Gasteiger partial charge in [-0.3, -0.25) is 0 Å². The quantitative estimate of drug-likeness (QED) is 0.805. The zero-order chi connectivity index (χ0) is 13.2. The maximum absolute atomic E-state index is 6.31. The van der Waals surface area contributed by atoms with Crippen molar-refractivity contribution in [2.45, 2.75) is 25.3 Å². The first kappa shape index (κ1) is 13.2. The highest BCUT2D eigenvalue weighted by atomic mass is 35.5. The van der Waals surface area contributed by atoms with Crippen molar-refractivity contribution >= 4 is 34.2 Å². The third kappa shape index (κ3) is 2.60. The average molecular weight is 298 g/mol. The van der Waals surface area contributed by atoms with Crippen LogP contribution >= 0.6 is 23.2 Å². The lowest BCUT2D eigenvalue weighted by atomic mass is 10.3. The number of halogens is 2. The van der Waals surface area contributed by atoms with Crippen LogP contribution in [0.4, 0.5) is 0 Å². The minimum atomic E-state index is 0.422. The molecule has 0 aliphatic carbocycles. The second kappa shape index (κ2) is 5.70. The highest BCUT2D eigenvalue weighted by molar-refractivity contribution is 6.35. The third-order valence-electron chi connectivity index (χ3n) is 3.75. The van der Waals surface area contributed by atoms with Gasteiger partial charge >= 0.3 is 0 Å². The fraction of sp³-hybridized carbons (Fsp3) is 0.500. The van der Waals surface area contributed by atoms with Crippen molar-refractivity contribution in [1.82, 2.24) is 14.5 Å². The molecule has 0 saturated carbocycles. The van der Waals surface area contributed by atoms with Gasteiger partial charge in [-0.05, 0) is 38.1 Å². The van der Waals surface area contributed by atoms with Crippen molar-refractivity contribution < 1.29 is 0 Å². The zero-order valence-corrected chi connectivity index (χ0v) is 12.3. The predicted molar refractivity (Wildman–Crippen MR) is 80.0 cm³/mol. The van der Waals surface area contributed by atoms with Gasteiger partial charge in [0, 0.05) is 13.1 Å². The molecule has 1 aliphatic rings. The molecule has 102 valence electrons. The van der Waals surface area contributed by atoms with Crippen molar-refractivity contribution in [1.29, 1.82) is 0 Å². The van der Waals surface area contributed by atoms with Gasteiger partial charge in [0.2, 0.25) is 0 Å². The number of rotatable bonds is 4. The summed E-state index contributed by atoms with van der Waals surface area (Å²) in [6.07, 6.45) is 2.63. The second-order valence-corrected chi connectivity index (χ2v) is 5.64. The molecule has 19 heavy (non-hydrogen) atoms. The van der Waals surface area contributed by atoms with Crippen LogP contribution in [0.25, 0.3) is 11.0 Å². The van der Waals surface area contributed by atoms with Crippen LogP contribution < -0.4 is 0 Å². The summed E-state index contributed by atoms with van der Waals surface area (Å²) in [5, 5.41) is 0.753. The summed E-state index contributed by atoms with van der Waals surface area (Å²) in [7, 11) is 0. The summed E-state index contributed by atoms with van der Waals surface area (Å²) >= 11 is 12.3. The van der Waals surface area contributed by atoms with Crippen molar-refractivity contribution in [3.05, 3.63) is 29.0 Å². The highest BCUT2D eigenvalue weighted by Crippen LogP contribution is 2.25. The van der Waals surface area contributed by atoms with Crippen LogP contribution in [0, 0.1) is 0 Å². The number of para-hydroxylation sites is 1. The van der Waals surface area contributed by atoms with E-state index < -0.39 is 0 Å². The highest BCUT2D eigenvalue weighted by Gasteiger charge is 2.15. The molecule has 2 heterocycles. The van der Waals surface area contributed by atoms with E-state index in [-0.39, 0.29) is 0 Å². The molecule has 0 atom stereocenters. The van der Waals surface area contributed by atoms with Crippen molar-refractivity contribution in [2.75, 3.05) is 19.6 Å². The number of hydrogen-bond donors (Lipinski definition) is 0. The first-order valence-corrected chi connectivity index (χ1v) is 7.63. The molecular weight excluding hydrogens is 281 g/mol. The topological polar surface area (TPSA) is 21.1 Å². The Hall–Kier alpha value is -0.770. The molecule has 0 bridgehead atoms. The molecule has 0 N–H and O–H groups in total. The summed E-state index contributed by atoms with van der Waals surface area (Å²) in [6.45, 7) is 4.36. The van der Waals surface area contributed by atoms with Gasteiger partial charge in [-0.15, -0.1) is 11.6 Å². The first-order chi connectivity index (χ1) is 9.29. The standard InChI is InChI=1S/C14H17Cl2N3/c15-10-13-17-12-5-3-4-11(16)14(12)19(13)9-8-18-6-1-2-7-18/h3-5H,1-2,6-10H2. The van der Waals surface area contributed by atoms with Gasteiger partial charge in [-0.25, -0.2) is 4.98 Å². The van der Waals surface area contributed by atoms with Gasteiger partial charge < -0.3 is 9.47 Å². The van der Waals surface area contributed by atoms with Gasteiger partial charge in [0.25, 0.3) is 0 Å². The van der Waals surface area contributed by atoms with Gasteiger partial charge in [0.15, 0.2) is 0 Å². The van der Waals surface area contributed by atoms with Crippen LogP contribution in [0.3, 0.4) is 0 Å². The Morgan fingerprint density at radius 3 is 2.68 bits per heavy atom. The van der Waals surface area contributed by atoms with Crippen LogP contribution in [-0.4, -0.2) is 34.1 Å². The normalized spacial score (nSPS) is 16.5. The molecule has 0 amide bonds. The zero-order valence-electron chi connectivity index (χ0n) is 10.8. The maximum Gasteiger partial charge on any atom is 0.124 e. The van der Waals surface area contributed by atoms with Crippen molar-refractivity contribution in [2.24, 2.45) is 0 Å². The Balaban J connectivity index is 1.91. The largest absolute Gasteiger partial charge is 0.324 e. The number of aromatic nitrogens is 2. The summed E-state index contributed by atoms with van der Waals surface area (Å²) in [5.74, 6) is 1.33. The molecule has 0 radical (unpaired) electrons. The van der Waals surface area contributed by atoms with E-state index >= 15 is 0 Å². The SMILES string of the molecule is ClCc1nc2cccc(Cl)c2n1CCN1CCCC1. The lowest BCUT2D eigenvalue weighted by Gasteiger charge is -2.16. The first-order valence-electron chi connectivity index (χ1n) is 6.71. The van der Waals surface area contributed by atoms with Gasteiger partial charge in [0.1, 0.15) is 5.82 Å². The van der Waals surface area contributed by atoms with Crippen LogP contribution in [0.15, 0.2) is 18.2 Å². The summed E-state index contributed by atoms with van der Waals surface area (Å²) < 4.78 is 2.17. The predicted octanol–water partition coefficient (Wildman–Crippen LogP) is 3.52. The minimum absolute atomic E-state index is 0.422. The van der Waals surface area contributed by atoms with E-state index in [9.17, 15) is 0 Å². The van der Waals surface area contributed by atoms with Crippen LogP contribution in [0.2, 0.25) is 5.02 Å². The lowest BCUT2D eigenvalue weighted by molar-refractivity contribution is 0.323. The number of benzene rings is 1. The molecule has 1 saturated heterocycles. The molecule has 3 nitrogen and oxygen atoms in total. The fourth-order valence-corrected chi connectivity index (χ4v) is 3.26. The molecule has 5 heteroatoms. The number of nitrogens with zero attached hydrogens (tertiary/aromatic N) is 3. The molecular formula is C14H17Cl2N3. The molecule has 1 aromatic carbocycles. The fourth-order valence-electron chi connectivity index (χ4n) is 2.78. The summed E-state index contributed by atoms with van der Waals surface area (Å²) in [5.41, 5.74) is 1.95. The van der Waals surface area contributed by atoms with E-state index in [4.69, 9.17) is 23.2 Å². The number of fused-ring (bicyclic) bond motifs is 1. The monoisotopic (exact) mass is 297 g/mol. The van der Waals surface area contributed by atoms with E-state index in [2.05, 4.69) is 14.5 Å². The van der Waals surface area contributed by atoms with E-state index in [1.807, 2.05) is 18.2 Å². The number of hydrogen-bond acceptors (Lipinski definition) is 2. The summed E-state index contributed by atoms with van der Waals surface area (Å²) in [4.78, 5) is 7.05. The Morgan fingerprint density at radius 2 is 1.95 bits per heavy atom. The average Bonchev–Trinajstić information content (AvgIpc) is 3.03. The van der Waals surface area contributed by atoms with E-state index in [0.29, 0.717) is 5.88 Å². The number of imidazole rings is 1. The van der Waals surface area contributed by atoms with Crippen LogP contribution in [0.5, 0.6) is 0 Å². The maximum atomic E-state index is 6.31. The van der Waals surface area contributed by atoms with Crippen molar-refractivity contribution in [3.63, 3.8) is 0 Å². The molecule has 1 fully saturated rings. The van der Waals surface area contributed by atoms with Gasteiger partial charge in [-0.2, -0.15) is 0 Å². The molecule has 2 aromatic rings. The van der Waals surface area contributed by atoms with Crippen molar-refractivity contribution in [3.8, 4) is 0 Å². The second-order valence-electron chi connectivity index (χ2n) is 4.97. The van der Waals surface area contributed by atoms with Gasteiger partial charge in [0.05, 0.1) is 21.9 Å². The molecule has 1 aliphatic heterocycles. The van der Waals surface area contributed by atoms with E-state index in [1.54, 1.807) is 0 Å². The number of likely N-dealkylation sites (tertiary alicyclic amines) is 1. The molecule has 1 aromatic heterocycles. The smallest absolute Gasteiger partial charge is 0.124 e. The Kier molecular flexibility index (Phi) is 3.96. The van der Waals surface area contributed by atoms with Crippen LogP contribution in [-0.2, 0) is 12.4 Å². The minimum Gasteiger partial charge on any atom is -0.324 e. The number of alkyl halides is 1. The summed E-state index contributed by atoms with van der Waals surface area (Å²) in [6, 6.07) is 5.83. The Bertz CT molecular complexity index is 573. The third-order valence-corrected chi connectivity index (χ3v) is 4.30. The molecule has 0 unspecified atom stereocenters. The Morgan fingerprint density at radius 1 is 1.16 bits per heavy atom. The van der Waals surface area contributed by atoms with E-state index in [0.717, 1.165) is 35.0 Å². The Labute approximate surface area is 123 Å². The van der Waals surface area contributed by atoms with Gasteiger partial charge in [-0.1, -0.05) is 17.7 Å².